The summed E-state index contributed by atoms with van der Waals surface area (Å²) < 4.78 is 9.28. The molecule has 0 aliphatic heterocycles. The highest BCUT2D eigenvalue weighted by Gasteiger charge is 2.20. The molecule has 27 heavy (non-hydrogen) atoms. The van der Waals surface area contributed by atoms with Crippen LogP contribution >= 0.6 is 0 Å². The maximum atomic E-state index is 13.0. The molecule has 4 rings (SSSR count). The van der Waals surface area contributed by atoms with E-state index in [1.807, 2.05) is 31.5 Å². The van der Waals surface area contributed by atoms with Crippen molar-refractivity contribution in [1.82, 2.24) is 14.3 Å². The summed E-state index contributed by atoms with van der Waals surface area (Å²) in [5.74, 6) is -0.173. The van der Waals surface area contributed by atoms with Crippen LogP contribution in [0.1, 0.15) is 33.0 Å². The SMILES string of the molecule is Cc1ccc(Cn2c(C(=O)Nc3c(C)nn(C)c3C)cc3occc32)cc1. The Bertz CT molecular complexity index is 1130. The number of nitrogens with zero attached hydrogens (tertiary/aromatic N) is 3. The van der Waals surface area contributed by atoms with Gasteiger partial charge in [0, 0.05) is 25.7 Å². The van der Waals surface area contributed by atoms with Gasteiger partial charge in [-0.15, -0.1) is 0 Å². The number of rotatable bonds is 4. The Morgan fingerprint density at radius 1 is 1.15 bits per heavy atom. The standard InChI is InChI=1S/C21H22N4O2/c1-13-5-7-16(8-6-13)12-25-17-9-10-27-19(17)11-18(25)21(26)22-20-14(2)23-24(4)15(20)3/h5-11H,12H2,1-4H3,(H,22,26). The van der Waals surface area contributed by atoms with Crippen molar-refractivity contribution in [2.75, 3.05) is 5.32 Å². The third-order valence-corrected chi connectivity index (χ3v) is 4.96. The van der Waals surface area contributed by atoms with Crippen LogP contribution in [0.5, 0.6) is 0 Å². The van der Waals surface area contributed by atoms with E-state index in [9.17, 15) is 4.79 Å². The van der Waals surface area contributed by atoms with Crippen LogP contribution in [0.2, 0.25) is 0 Å². The largest absolute Gasteiger partial charge is 0.463 e. The highest BCUT2D eigenvalue weighted by molar-refractivity contribution is 6.06. The molecule has 3 aromatic heterocycles. The van der Waals surface area contributed by atoms with Gasteiger partial charge in [0.05, 0.1) is 28.9 Å². The van der Waals surface area contributed by atoms with Crippen LogP contribution < -0.4 is 5.32 Å². The van der Waals surface area contributed by atoms with Crippen molar-refractivity contribution in [3.05, 3.63) is 70.9 Å². The second-order valence-corrected chi connectivity index (χ2v) is 6.89. The molecule has 0 radical (unpaired) electrons. The molecule has 0 saturated carbocycles. The quantitative estimate of drug-likeness (QED) is 0.592. The Labute approximate surface area is 157 Å². The number of nitrogens with one attached hydrogen (secondary N) is 1. The van der Waals surface area contributed by atoms with E-state index in [1.54, 1.807) is 17.0 Å². The minimum absolute atomic E-state index is 0.173. The van der Waals surface area contributed by atoms with Crippen molar-refractivity contribution in [3.8, 4) is 0 Å². The molecule has 0 spiro atoms. The minimum Gasteiger partial charge on any atom is -0.463 e. The van der Waals surface area contributed by atoms with Gasteiger partial charge in [0.25, 0.3) is 5.91 Å². The highest BCUT2D eigenvalue weighted by atomic mass is 16.3. The van der Waals surface area contributed by atoms with Gasteiger partial charge >= 0.3 is 0 Å². The maximum Gasteiger partial charge on any atom is 0.272 e. The highest BCUT2D eigenvalue weighted by Crippen LogP contribution is 2.25. The van der Waals surface area contributed by atoms with Crippen molar-refractivity contribution in [2.24, 2.45) is 7.05 Å². The molecule has 1 aromatic carbocycles. The first-order valence-corrected chi connectivity index (χ1v) is 8.88. The van der Waals surface area contributed by atoms with E-state index in [2.05, 4.69) is 41.6 Å². The number of aryl methyl sites for hydroxylation is 3. The fourth-order valence-corrected chi connectivity index (χ4v) is 3.34. The van der Waals surface area contributed by atoms with Gasteiger partial charge in [-0.05, 0) is 26.3 Å². The number of amides is 1. The van der Waals surface area contributed by atoms with Crippen LogP contribution in [0.25, 0.3) is 11.1 Å². The van der Waals surface area contributed by atoms with E-state index in [1.165, 1.54) is 5.56 Å². The Hall–Kier alpha value is -3.28. The average molecular weight is 362 g/mol. The first kappa shape index (κ1) is 17.1. The number of carbonyl (C=O) groups excluding carboxylic acids is 1. The monoisotopic (exact) mass is 362 g/mol. The van der Waals surface area contributed by atoms with Gasteiger partial charge in [-0.2, -0.15) is 5.10 Å². The molecule has 0 bridgehead atoms. The molecule has 3 heterocycles. The van der Waals surface area contributed by atoms with E-state index < -0.39 is 0 Å². The second kappa shape index (κ2) is 6.46. The summed E-state index contributed by atoms with van der Waals surface area (Å²) in [5.41, 5.74) is 6.97. The molecule has 6 nitrogen and oxygen atoms in total. The smallest absolute Gasteiger partial charge is 0.272 e. The fourth-order valence-electron chi connectivity index (χ4n) is 3.34. The first-order valence-electron chi connectivity index (χ1n) is 8.88. The minimum atomic E-state index is -0.173. The lowest BCUT2D eigenvalue weighted by molar-refractivity contribution is 0.101. The predicted octanol–water partition coefficient (Wildman–Crippen LogP) is 4.19. The van der Waals surface area contributed by atoms with Gasteiger partial charge in [-0.3, -0.25) is 9.48 Å². The summed E-state index contributed by atoms with van der Waals surface area (Å²) in [6.45, 7) is 6.48. The lowest BCUT2D eigenvalue weighted by Crippen LogP contribution is -2.18. The molecule has 138 valence electrons. The molecule has 0 aliphatic carbocycles. The number of aromatic nitrogens is 3. The maximum absolute atomic E-state index is 13.0. The molecular formula is C21H22N4O2. The van der Waals surface area contributed by atoms with Crippen molar-refractivity contribution in [1.29, 1.82) is 0 Å². The third-order valence-electron chi connectivity index (χ3n) is 4.96. The molecule has 0 saturated heterocycles. The Balaban J connectivity index is 1.71. The zero-order valence-corrected chi connectivity index (χ0v) is 15.9. The van der Waals surface area contributed by atoms with E-state index in [0.717, 1.165) is 28.2 Å². The fraction of sp³-hybridized carbons (Fsp3) is 0.238. The Morgan fingerprint density at radius 2 is 1.89 bits per heavy atom. The number of fused-ring (bicyclic) bond motifs is 1. The normalized spacial score (nSPS) is 11.3. The third kappa shape index (κ3) is 3.03. The summed E-state index contributed by atoms with van der Waals surface area (Å²) in [6, 6.07) is 12.0. The van der Waals surface area contributed by atoms with Crippen molar-refractivity contribution in [2.45, 2.75) is 27.3 Å². The molecule has 0 aliphatic rings. The summed E-state index contributed by atoms with van der Waals surface area (Å²) in [4.78, 5) is 13.0. The molecule has 6 heteroatoms. The number of furan rings is 1. The van der Waals surface area contributed by atoms with Crippen LogP contribution in [0.15, 0.2) is 47.1 Å². The zero-order chi connectivity index (χ0) is 19.1. The summed E-state index contributed by atoms with van der Waals surface area (Å²) in [6.07, 6.45) is 1.65. The van der Waals surface area contributed by atoms with Gasteiger partial charge in [0.1, 0.15) is 5.69 Å². The van der Waals surface area contributed by atoms with E-state index in [0.29, 0.717) is 17.8 Å². The Morgan fingerprint density at radius 3 is 2.56 bits per heavy atom. The second-order valence-electron chi connectivity index (χ2n) is 6.89. The predicted molar refractivity (Wildman–Crippen MR) is 105 cm³/mol. The van der Waals surface area contributed by atoms with Gasteiger partial charge in [0.15, 0.2) is 5.58 Å². The molecular weight excluding hydrogens is 340 g/mol. The molecule has 0 fully saturated rings. The first-order chi connectivity index (χ1) is 12.9. The topological polar surface area (TPSA) is 65.0 Å². The van der Waals surface area contributed by atoms with E-state index >= 15 is 0 Å². The van der Waals surface area contributed by atoms with Crippen LogP contribution in [0.4, 0.5) is 5.69 Å². The zero-order valence-electron chi connectivity index (χ0n) is 15.9. The molecule has 1 N–H and O–H groups in total. The number of carbonyl (C=O) groups is 1. The number of hydrogen-bond acceptors (Lipinski definition) is 3. The lowest BCUT2D eigenvalue weighted by Gasteiger charge is -2.11. The number of hydrogen-bond donors (Lipinski definition) is 1. The lowest BCUT2D eigenvalue weighted by atomic mass is 10.1. The van der Waals surface area contributed by atoms with Gasteiger partial charge < -0.3 is 14.3 Å². The van der Waals surface area contributed by atoms with Crippen molar-refractivity contribution in [3.63, 3.8) is 0 Å². The Kier molecular flexibility index (Phi) is 4.11. The van der Waals surface area contributed by atoms with Crippen molar-refractivity contribution >= 4 is 22.7 Å². The van der Waals surface area contributed by atoms with E-state index in [4.69, 9.17) is 4.42 Å². The molecule has 1 amide bonds. The van der Waals surface area contributed by atoms with Gasteiger partial charge in [0.2, 0.25) is 0 Å². The summed E-state index contributed by atoms with van der Waals surface area (Å²) in [7, 11) is 1.87. The summed E-state index contributed by atoms with van der Waals surface area (Å²) >= 11 is 0. The number of benzene rings is 1. The molecule has 4 aromatic rings. The van der Waals surface area contributed by atoms with Crippen molar-refractivity contribution < 1.29 is 9.21 Å². The average Bonchev–Trinajstić information content (AvgIpc) is 3.28. The van der Waals surface area contributed by atoms with Gasteiger partial charge in [-0.25, -0.2) is 0 Å². The number of anilines is 1. The molecule has 0 atom stereocenters. The summed E-state index contributed by atoms with van der Waals surface area (Å²) in [5, 5.41) is 7.38. The van der Waals surface area contributed by atoms with Crippen LogP contribution in [0, 0.1) is 20.8 Å². The van der Waals surface area contributed by atoms with Crippen LogP contribution in [-0.2, 0) is 13.6 Å². The van der Waals surface area contributed by atoms with E-state index in [-0.39, 0.29) is 5.91 Å². The van der Waals surface area contributed by atoms with Gasteiger partial charge in [-0.1, -0.05) is 29.8 Å². The van der Waals surface area contributed by atoms with Crippen LogP contribution in [-0.4, -0.2) is 20.3 Å². The van der Waals surface area contributed by atoms with Crippen LogP contribution in [0.3, 0.4) is 0 Å². The molecule has 0 unspecified atom stereocenters.